The summed E-state index contributed by atoms with van der Waals surface area (Å²) in [6.07, 6.45) is 2.56. The van der Waals surface area contributed by atoms with E-state index >= 15 is 0 Å². The molecule has 0 saturated heterocycles. The Hall–Kier alpha value is -1.35. The summed E-state index contributed by atoms with van der Waals surface area (Å²) in [5.74, 6) is 0.744. The Bertz CT molecular complexity index is 444. The topological polar surface area (TPSA) is 52.3 Å². The Labute approximate surface area is 108 Å². The van der Waals surface area contributed by atoms with Crippen molar-refractivity contribution in [2.75, 3.05) is 0 Å². The van der Waals surface area contributed by atoms with Crippen molar-refractivity contribution in [1.82, 2.24) is 0 Å². The highest BCUT2D eigenvalue weighted by Gasteiger charge is 2.29. The Morgan fingerprint density at radius 2 is 2.06 bits per heavy atom. The van der Waals surface area contributed by atoms with Crippen LogP contribution in [0.3, 0.4) is 0 Å². The third-order valence-corrected chi connectivity index (χ3v) is 3.16. The van der Waals surface area contributed by atoms with Crippen LogP contribution in [0.15, 0.2) is 24.3 Å². The molecule has 1 fully saturated rings. The first kappa shape index (κ1) is 13.1. The lowest BCUT2D eigenvalue weighted by molar-refractivity contribution is 0.0901. The van der Waals surface area contributed by atoms with Crippen molar-refractivity contribution in [2.24, 2.45) is 11.1 Å². The number of nitrogens with two attached hydrogens (primary N) is 1. The van der Waals surface area contributed by atoms with Crippen molar-refractivity contribution in [3.8, 4) is 5.75 Å². The minimum atomic E-state index is -0.492. The summed E-state index contributed by atoms with van der Waals surface area (Å²) in [6.45, 7) is 5.92. The number of carbonyl (C=O) groups is 1. The summed E-state index contributed by atoms with van der Waals surface area (Å²) >= 11 is 0. The third-order valence-electron chi connectivity index (χ3n) is 3.16. The molecule has 0 aliphatic heterocycles. The number of benzene rings is 1. The average Bonchev–Trinajstić information content (AvgIpc) is 3.10. The van der Waals surface area contributed by atoms with Crippen molar-refractivity contribution in [2.45, 2.75) is 45.8 Å². The molecule has 1 aliphatic rings. The molecule has 1 aromatic rings. The maximum absolute atomic E-state index is 12.3. The van der Waals surface area contributed by atoms with Gasteiger partial charge in [0.05, 0.1) is 12.1 Å². The molecule has 1 aromatic carbocycles. The van der Waals surface area contributed by atoms with E-state index in [4.69, 9.17) is 10.5 Å². The molecule has 1 unspecified atom stereocenters. The van der Waals surface area contributed by atoms with E-state index < -0.39 is 6.04 Å². The van der Waals surface area contributed by atoms with E-state index in [1.807, 2.05) is 32.9 Å². The van der Waals surface area contributed by atoms with Gasteiger partial charge in [0.25, 0.3) is 0 Å². The molecule has 0 bridgehead atoms. The van der Waals surface area contributed by atoms with E-state index in [2.05, 4.69) is 0 Å². The number of ether oxygens (including phenoxy) is 1. The van der Waals surface area contributed by atoms with Gasteiger partial charge in [-0.15, -0.1) is 0 Å². The van der Waals surface area contributed by atoms with Crippen LogP contribution in [-0.2, 0) is 0 Å². The van der Waals surface area contributed by atoms with Crippen molar-refractivity contribution in [1.29, 1.82) is 0 Å². The van der Waals surface area contributed by atoms with Gasteiger partial charge in [-0.25, -0.2) is 0 Å². The molecule has 2 rings (SSSR count). The average molecular weight is 247 g/mol. The first-order valence-corrected chi connectivity index (χ1v) is 6.44. The molecule has 1 atom stereocenters. The SMILES string of the molecule is CC(C)(C)C(N)C(=O)c1cccc(OC2CC2)c1. The van der Waals surface area contributed by atoms with Crippen LogP contribution in [0.25, 0.3) is 0 Å². The monoisotopic (exact) mass is 247 g/mol. The molecule has 18 heavy (non-hydrogen) atoms. The van der Waals surface area contributed by atoms with Crippen LogP contribution >= 0.6 is 0 Å². The zero-order valence-electron chi connectivity index (χ0n) is 11.3. The van der Waals surface area contributed by atoms with Gasteiger partial charge in [0.1, 0.15) is 5.75 Å². The van der Waals surface area contributed by atoms with Gasteiger partial charge in [0.2, 0.25) is 0 Å². The van der Waals surface area contributed by atoms with E-state index in [0.717, 1.165) is 18.6 Å². The highest BCUT2D eigenvalue weighted by molar-refractivity contribution is 6.00. The fourth-order valence-corrected chi connectivity index (χ4v) is 1.67. The summed E-state index contributed by atoms with van der Waals surface area (Å²) in [4.78, 5) is 12.3. The van der Waals surface area contributed by atoms with Crippen LogP contribution in [0, 0.1) is 5.41 Å². The second kappa shape index (κ2) is 4.73. The molecule has 0 spiro atoms. The highest BCUT2D eigenvalue weighted by atomic mass is 16.5. The largest absolute Gasteiger partial charge is 0.490 e. The van der Waals surface area contributed by atoms with Gasteiger partial charge < -0.3 is 10.5 Å². The van der Waals surface area contributed by atoms with Gasteiger partial charge in [-0.1, -0.05) is 32.9 Å². The first-order valence-electron chi connectivity index (χ1n) is 6.44. The summed E-state index contributed by atoms with van der Waals surface area (Å²) in [5, 5.41) is 0. The van der Waals surface area contributed by atoms with E-state index in [-0.39, 0.29) is 11.2 Å². The minimum Gasteiger partial charge on any atom is -0.490 e. The van der Waals surface area contributed by atoms with Crippen LogP contribution < -0.4 is 10.5 Å². The molecule has 3 nitrogen and oxygen atoms in total. The fourth-order valence-electron chi connectivity index (χ4n) is 1.67. The maximum Gasteiger partial charge on any atom is 0.180 e. The smallest absolute Gasteiger partial charge is 0.180 e. The third kappa shape index (κ3) is 3.10. The lowest BCUT2D eigenvalue weighted by Gasteiger charge is -2.25. The number of Topliss-reactive ketones (excluding diaryl/α,β-unsaturated/α-hetero) is 1. The number of ketones is 1. The molecule has 0 amide bonds. The Balaban J connectivity index is 2.14. The lowest BCUT2D eigenvalue weighted by Crippen LogP contribution is -2.42. The van der Waals surface area contributed by atoms with Gasteiger partial charge in [0, 0.05) is 5.56 Å². The predicted octanol–water partition coefficient (Wildman–Crippen LogP) is 2.78. The standard InChI is InChI=1S/C15H21NO2/c1-15(2,3)14(16)13(17)10-5-4-6-12(9-10)18-11-7-8-11/h4-6,9,11,14H,7-8,16H2,1-3H3. The number of hydrogen-bond donors (Lipinski definition) is 1. The van der Waals surface area contributed by atoms with Gasteiger partial charge in [0.15, 0.2) is 5.78 Å². The Kier molecular flexibility index (Phi) is 3.44. The number of rotatable bonds is 4. The molecule has 1 aliphatic carbocycles. The van der Waals surface area contributed by atoms with E-state index in [0.29, 0.717) is 11.7 Å². The summed E-state index contributed by atoms with van der Waals surface area (Å²) in [6, 6.07) is 6.84. The van der Waals surface area contributed by atoms with Gasteiger partial charge in [-0.2, -0.15) is 0 Å². The van der Waals surface area contributed by atoms with Crippen molar-refractivity contribution in [3.63, 3.8) is 0 Å². The van der Waals surface area contributed by atoms with Crippen LogP contribution in [0.1, 0.15) is 44.0 Å². The van der Waals surface area contributed by atoms with Crippen LogP contribution in [0.4, 0.5) is 0 Å². The molecule has 0 aromatic heterocycles. The summed E-state index contributed by atoms with van der Waals surface area (Å²) in [5.41, 5.74) is 6.40. The lowest BCUT2D eigenvalue weighted by atomic mass is 9.83. The molecule has 3 heteroatoms. The van der Waals surface area contributed by atoms with E-state index in [1.165, 1.54) is 0 Å². The quantitative estimate of drug-likeness (QED) is 0.832. The number of hydrogen-bond acceptors (Lipinski definition) is 3. The van der Waals surface area contributed by atoms with E-state index in [1.54, 1.807) is 12.1 Å². The van der Waals surface area contributed by atoms with Gasteiger partial charge in [-0.3, -0.25) is 4.79 Å². The molecule has 0 radical (unpaired) electrons. The van der Waals surface area contributed by atoms with Crippen LogP contribution in [0.5, 0.6) is 5.75 Å². The minimum absolute atomic E-state index is 0.0243. The first-order chi connectivity index (χ1) is 8.38. The normalized spacial score (nSPS) is 17.3. The second-order valence-corrected chi connectivity index (χ2v) is 6.05. The van der Waals surface area contributed by atoms with E-state index in [9.17, 15) is 4.79 Å². The van der Waals surface area contributed by atoms with Gasteiger partial charge in [-0.05, 0) is 30.4 Å². The molecular weight excluding hydrogens is 226 g/mol. The summed E-state index contributed by atoms with van der Waals surface area (Å²) in [7, 11) is 0. The molecule has 1 saturated carbocycles. The predicted molar refractivity (Wildman–Crippen MR) is 71.9 cm³/mol. The zero-order chi connectivity index (χ0) is 13.3. The van der Waals surface area contributed by atoms with Crippen molar-refractivity contribution < 1.29 is 9.53 Å². The number of carbonyl (C=O) groups excluding carboxylic acids is 1. The molecule has 0 heterocycles. The fraction of sp³-hybridized carbons (Fsp3) is 0.533. The Morgan fingerprint density at radius 3 is 2.61 bits per heavy atom. The highest BCUT2D eigenvalue weighted by Crippen LogP contribution is 2.28. The van der Waals surface area contributed by atoms with Crippen molar-refractivity contribution >= 4 is 5.78 Å². The maximum atomic E-state index is 12.3. The molecular formula is C15H21NO2. The Morgan fingerprint density at radius 1 is 1.39 bits per heavy atom. The molecule has 98 valence electrons. The summed E-state index contributed by atoms with van der Waals surface area (Å²) < 4.78 is 5.69. The van der Waals surface area contributed by atoms with Crippen molar-refractivity contribution in [3.05, 3.63) is 29.8 Å². The van der Waals surface area contributed by atoms with Crippen LogP contribution in [-0.4, -0.2) is 17.9 Å². The van der Waals surface area contributed by atoms with Gasteiger partial charge >= 0.3 is 0 Å². The van der Waals surface area contributed by atoms with Crippen LogP contribution in [0.2, 0.25) is 0 Å². The zero-order valence-corrected chi connectivity index (χ0v) is 11.3. The molecule has 2 N–H and O–H groups in total. The second-order valence-electron chi connectivity index (χ2n) is 6.05.